The van der Waals surface area contributed by atoms with E-state index in [1.54, 1.807) is 7.05 Å². The molecule has 0 aromatic heterocycles. The van der Waals surface area contributed by atoms with Gasteiger partial charge in [-0.3, -0.25) is 4.99 Å². The summed E-state index contributed by atoms with van der Waals surface area (Å²) in [6.07, 6.45) is 3.27. The van der Waals surface area contributed by atoms with Gasteiger partial charge < -0.3 is 10.6 Å². The molecule has 1 rings (SSSR count). The molecule has 0 unspecified atom stereocenters. The van der Waals surface area contributed by atoms with Crippen LogP contribution in [0.3, 0.4) is 0 Å². The standard InChI is InChI=1S/C15H24FN3O2S.HI/c1-4-5-8-18-15(17-2)19-10-13-9-14(16)7-6-12(13)11-22(3,20)21;/h6-7,9H,4-5,8,10-11H2,1-3H3,(H2,17,18,19);1H. The molecule has 0 radical (unpaired) electrons. The second-order valence-electron chi connectivity index (χ2n) is 5.19. The normalized spacial score (nSPS) is 11.7. The zero-order valence-electron chi connectivity index (χ0n) is 13.7. The quantitative estimate of drug-likeness (QED) is 0.286. The van der Waals surface area contributed by atoms with Crippen LogP contribution in [0.5, 0.6) is 0 Å². The van der Waals surface area contributed by atoms with Gasteiger partial charge in [0.2, 0.25) is 0 Å². The predicted octanol–water partition coefficient (Wildman–Crippen LogP) is 2.45. The van der Waals surface area contributed by atoms with E-state index in [9.17, 15) is 12.8 Å². The van der Waals surface area contributed by atoms with Gasteiger partial charge in [-0.1, -0.05) is 19.4 Å². The first-order valence-electron chi connectivity index (χ1n) is 7.25. The van der Waals surface area contributed by atoms with E-state index in [4.69, 9.17) is 0 Å². The van der Waals surface area contributed by atoms with E-state index in [2.05, 4.69) is 22.5 Å². The van der Waals surface area contributed by atoms with Crippen LogP contribution < -0.4 is 10.6 Å². The van der Waals surface area contributed by atoms with Crippen LogP contribution in [0.15, 0.2) is 23.2 Å². The van der Waals surface area contributed by atoms with Crippen molar-refractivity contribution in [3.63, 3.8) is 0 Å². The van der Waals surface area contributed by atoms with Crippen molar-refractivity contribution >= 4 is 39.8 Å². The molecule has 8 heteroatoms. The van der Waals surface area contributed by atoms with Crippen molar-refractivity contribution in [2.24, 2.45) is 4.99 Å². The van der Waals surface area contributed by atoms with E-state index in [-0.39, 0.29) is 35.5 Å². The number of guanidine groups is 1. The second-order valence-corrected chi connectivity index (χ2v) is 7.33. The summed E-state index contributed by atoms with van der Waals surface area (Å²) >= 11 is 0. The number of sulfone groups is 1. The van der Waals surface area contributed by atoms with Crippen LogP contribution in [-0.4, -0.2) is 34.2 Å². The van der Waals surface area contributed by atoms with Gasteiger partial charge in [0.25, 0.3) is 0 Å². The largest absolute Gasteiger partial charge is 0.356 e. The maximum absolute atomic E-state index is 13.4. The van der Waals surface area contributed by atoms with Gasteiger partial charge >= 0.3 is 0 Å². The summed E-state index contributed by atoms with van der Waals surface area (Å²) in [7, 11) is -1.51. The Bertz CT molecular complexity index is 621. The van der Waals surface area contributed by atoms with Crippen LogP contribution in [-0.2, 0) is 22.1 Å². The summed E-state index contributed by atoms with van der Waals surface area (Å²) in [4.78, 5) is 4.08. The molecule has 0 fully saturated rings. The molecule has 0 amide bonds. The van der Waals surface area contributed by atoms with Crippen molar-refractivity contribution in [1.29, 1.82) is 0 Å². The molecule has 1 aromatic carbocycles. The molecular formula is C15H25FIN3O2S. The Labute approximate surface area is 155 Å². The van der Waals surface area contributed by atoms with E-state index in [0.29, 0.717) is 23.6 Å². The summed E-state index contributed by atoms with van der Waals surface area (Å²) in [6.45, 7) is 3.21. The highest BCUT2D eigenvalue weighted by Gasteiger charge is 2.11. The number of benzene rings is 1. The summed E-state index contributed by atoms with van der Waals surface area (Å²) in [5.74, 6) is 0.123. The Balaban J connectivity index is 0.00000484. The van der Waals surface area contributed by atoms with Crippen LogP contribution in [0, 0.1) is 5.82 Å². The second kappa shape index (κ2) is 10.8. The zero-order chi connectivity index (χ0) is 16.6. The topological polar surface area (TPSA) is 70.6 Å². The molecule has 0 heterocycles. The first-order valence-corrected chi connectivity index (χ1v) is 9.31. The van der Waals surface area contributed by atoms with E-state index in [1.807, 2.05) is 0 Å². The number of unbranched alkanes of at least 4 members (excludes halogenated alkanes) is 1. The molecule has 132 valence electrons. The Hall–Kier alpha value is -0.900. The average Bonchev–Trinajstić information content (AvgIpc) is 2.44. The maximum Gasteiger partial charge on any atom is 0.191 e. The molecule has 5 nitrogen and oxygen atoms in total. The van der Waals surface area contributed by atoms with Gasteiger partial charge in [0, 0.05) is 26.4 Å². The number of hydrogen-bond donors (Lipinski definition) is 2. The van der Waals surface area contributed by atoms with Crippen molar-refractivity contribution < 1.29 is 12.8 Å². The summed E-state index contributed by atoms with van der Waals surface area (Å²) in [5, 5.41) is 6.23. The number of halogens is 2. The first-order chi connectivity index (χ1) is 10.4. The molecule has 0 saturated heterocycles. The predicted molar refractivity (Wildman–Crippen MR) is 103 cm³/mol. The van der Waals surface area contributed by atoms with E-state index in [0.717, 1.165) is 19.4 Å². The fraction of sp³-hybridized carbons (Fsp3) is 0.533. The third kappa shape index (κ3) is 9.09. The van der Waals surface area contributed by atoms with Crippen molar-refractivity contribution in [2.45, 2.75) is 32.1 Å². The fourth-order valence-electron chi connectivity index (χ4n) is 1.97. The molecule has 0 aliphatic carbocycles. The van der Waals surface area contributed by atoms with Crippen LogP contribution in [0.4, 0.5) is 4.39 Å². The monoisotopic (exact) mass is 457 g/mol. The van der Waals surface area contributed by atoms with E-state index < -0.39 is 9.84 Å². The molecule has 0 bridgehead atoms. The Morgan fingerprint density at radius 1 is 1.26 bits per heavy atom. The molecule has 23 heavy (non-hydrogen) atoms. The van der Waals surface area contributed by atoms with Crippen LogP contribution >= 0.6 is 24.0 Å². The lowest BCUT2D eigenvalue weighted by Gasteiger charge is -2.14. The van der Waals surface area contributed by atoms with Gasteiger partial charge in [0.05, 0.1) is 5.75 Å². The van der Waals surface area contributed by atoms with Crippen molar-refractivity contribution in [3.8, 4) is 0 Å². The number of rotatable bonds is 7. The zero-order valence-corrected chi connectivity index (χ0v) is 16.9. The number of aliphatic imine (C=N–C) groups is 1. The van der Waals surface area contributed by atoms with E-state index >= 15 is 0 Å². The van der Waals surface area contributed by atoms with Crippen LogP contribution in [0.1, 0.15) is 30.9 Å². The minimum Gasteiger partial charge on any atom is -0.356 e. The highest BCUT2D eigenvalue weighted by atomic mass is 127. The minimum atomic E-state index is -3.17. The summed E-state index contributed by atoms with van der Waals surface area (Å²) < 4.78 is 36.3. The number of nitrogens with one attached hydrogen (secondary N) is 2. The molecule has 0 aliphatic rings. The molecule has 2 N–H and O–H groups in total. The lowest BCUT2D eigenvalue weighted by Crippen LogP contribution is -2.37. The highest BCUT2D eigenvalue weighted by Crippen LogP contribution is 2.14. The minimum absolute atomic E-state index is 0. The van der Waals surface area contributed by atoms with Crippen molar-refractivity contribution in [1.82, 2.24) is 10.6 Å². The molecule has 1 aromatic rings. The molecule has 0 saturated carbocycles. The van der Waals surface area contributed by atoms with Gasteiger partial charge in [-0.15, -0.1) is 24.0 Å². The van der Waals surface area contributed by atoms with Gasteiger partial charge in [0.1, 0.15) is 5.82 Å². The van der Waals surface area contributed by atoms with Crippen molar-refractivity contribution in [2.75, 3.05) is 19.8 Å². The Morgan fingerprint density at radius 3 is 2.52 bits per heavy atom. The Morgan fingerprint density at radius 2 is 1.96 bits per heavy atom. The van der Waals surface area contributed by atoms with Crippen LogP contribution in [0.2, 0.25) is 0 Å². The molecule has 0 atom stereocenters. The molecule has 0 spiro atoms. The maximum atomic E-state index is 13.4. The molecular weight excluding hydrogens is 432 g/mol. The lowest BCUT2D eigenvalue weighted by molar-refractivity contribution is 0.599. The number of hydrogen-bond acceptors (Lipinski definition) is 3. The van der Waals surface area contributed by atoms with Gasteiger partial charge in [-0.05, 0) is 29.7 Å². The first kappa shape index (κ1) is 22.1. The SMILES string of the molecule is CCCCNC(=NC)NCc1cc(F)ccc1CS(C)(=O)=O.I. The van der Waals surface area contributed by atoms with E-state index in [1.165, 1.54) is 24.5 Å². The van der Waals surface area contributed by atoms with Crippen LogP contribution in [0.25, 0.3) is 0 Å². The third-order valence-electron chi connectivity index (χ3n) is 3.08. The Kier molecular flexibility index (Phi) is 10.4. The number of nitrogens with zero attached hydrogens (tertiary/aromatic N) is 1. The van der Waals surface area contributed by atoms with Gasteiger partial charge in [0.15, 0.2) is 15.8 Å². The highest BCUT2D eigenvalue weighted by molar-refractivity contribution is 14.0. The fourth-order valence-corrected chi connectivity index (χ4v) is 2.81. The third-order valence-corrected chi connectivity index (χ3v) is 3.91. The summed E-state index contributed by atoms with van der Waals surface area (Å²) in [5.41, 5.74) is 1.21. The van der Waals surface area contributed by atoms with Gasteiger partial charge in [-0.25, -0.2) is 12.8 Å². The average molecular weight is 457 g/mol. The van der Waals surface area contributed by atoms with Crippen molar-refractivity contribution in [3.05, 3.63) is 35.1 Å². The molecule has 0 aliphatic heterocycles. The lowest BCUT2D eigenvalue weighted by atomic mass is 10.1. The van der Waals surface area contributed by atoms with Gasteiger partial charge in [-0.2, -0.15) is 0 Å². The smallest absolute Gasteiger partial charge is 0.191 e. The summed E-state index contributed by atoms with van der Waals surface area (Å²) in [6, 6.07) is 4.14.